The number of aromatic hydroxyl groups is 1. The minimum Gasteiger partial charge on any atom is -0.508 e. The number of hydrogen-bond acceptors (Lipinski definition) is 4. The molecule has 0 aliphatic rings. The molecule has 6 heteroatoms. The van der Waals surface area contributed by atoms with Crippen molar-refractivity contribution in [2.75, 3.05) is 0 Å². The zero-order chi connectivity index (χ0) is 16.6. The van der Waals surface area contributed by atoms with Crippen molar-refractivity contribution in [2.45, 2.75) is 13.8 Å². The molecule has 2 N–H and O–H groups in total. The fourth-order valence-corrected chi connectivity index (χ4v) is 2.35. The van der Waals surface area contributed by atoms with Crippen LogP contribution in [-0.2, 0) is 0 Å². The van der Waals surface area contributed by atoms with Gasteiger partial charge in [0.2, 0.25) is 0 Å². The molecule has 0 aliphatic heterocycles. The van der Waals surface area contributed by atoms with Crippen LogP contribution in [0.15, 0.2) is 42.5 Å². The molecule has 0 spiro atoms. The van der Waals surface area contributed by atoms with Crippen molar-refractivity contribution in [2.24, 2.45) is 0 Å². The number of benzene rings is 2. The van der Waals surface area contributed by atoms with Crippen LogP contribution in [0.25, 0.3) is 16.9 Å². The molecule has 1 aromatic heterocycles. The van der Waals surface area contributed by atoms with Gasteiger partial charge in [0.15, 0.2) is 5.69 Å². The third kappa shape index (κ3) is 2.66. The molecule has 116 valence electrons. The summed E-state index contributed by atoms with van der Waals surface area (Å²) in [5.74, 6) is -1.01. The van der Waals surface area contributed by atoms with Crippen LogP contribution in [0.3, 0.4) is 0 Å². The molecule has 0 unspecified atom stereocenters. The molecule has 2 aromatic carbocycles. The van der Waals surface area contributed by atoms with E-state index in [1.807, 2.05) is 32.0 Å². The van der Waals surface area contributed by atoms with Crippen molar-refractivity contribution >= 4 is 5.97 Å². The van der Waals surface area contributed by atoms with Gasteiger partial charge in [-0.1, -0.05) is 17.3 Å². The molecular formula is C17H15N3O3. The molecule has 23 heavy (non-hydrogen) atoms. The predicted molar refractivity (Wildman–Crippen MR) is 84.9 cm³/mol. The number of aromatic nitrogens is 3. The second-order valence-corrected chi connectivity index (χ2v) is 5.32. The SMILES string of the molecule is Cc1ccc(-c2c(C(=O)O)nnn2-c2ccc(O)cc2)cc1C. The van der Waals surface area contributed by atoms with Crippen LogP contribution < -0.4 is 0 Å². The fourth-order valence-electron chi connectivity index (χ4n) is 2.35. The summed E-state index contributed by atoms with van der Waals surface area (Å²) in [6, 6.07) is 12.0. The largest absolute Gasteiger partial charge is 0.508 e. The van der Waals surface area contributed by atoms with Crippen molar-refractivity contribution in [3.05, 3.63) is 59.3 Å². The first-order valence-electron chi connectivity index (χ1n) is 7.03. The molecule has 0 aliphatic carbocycles. The average molecular weight is 309 g/mol. The Morgan fingerprint density at radius 3 is 2.35 bits per heavy atom. The van der Waals surface area contributed by atoms with Crippen molar-refractivity contribution in [3.63, 3.8) is 0 Å². The Morgan fingerprint density at radius 1 is 1.04 bits per heavy atom. The minimum atomic E-state index is -1.14. The van der Waals surface area contributed by atoms with Crippen LogP contribution in [0.5, 0.6) is 5.75 Å². The lowest BCUT2D eigenvalue weighted by Gasteiger charge is -2.09. The van der Waals surface area contributed by atoms with Crippen LogP contribution in [0.1, 0.15) is 21.6 Å². The number of phenols is 1. The van der Waals surface area contributed by atoms with Gasteiger partial charge in [-0.05, 0) is 55.3 Å². The number of carbonyl (C=O) groups is 1. The summed E-state index contributed by atoms with van der Waals surface area (Å²) < 4.78 is 1.47. The molecule has 0 saturated carbocycles. The number of hydrogen-bond donors (Lipinski definition) is 2. The zero-order valence-corrected chi connectivity index (χ0v) is 12.7. The lowest BCUT2D eigenvalue weighted by molar-refractivity contribution is 0.0691. The van der Waals surface area contributed by atoms with Crippen molar-refractivity contribution in [3.8, 4) is 22.7 Å². The van der Waals surface area contributed by atoms with Crippen molar-refractivity contribution in [1.82, 2.24) is 15.0 Å². The van der Waals surface area contributed by atoms with E-state index in [4.69, 9.17) is 0 Å². The van der Waals surface area contributed by atoms with Gasteiger partial charge in [0.25, 0.3) is 0 Å². The number of carboxylic acids is 1. The first-order valence-corrected chi connectivity index (χ1v) is 7.03. The number of nitrogens with zero attached hydrogens (tertiary/aromatic N) is 3. The van der Waals surface area contributed by atoms with Crippen molar-refractivity contribution in [1.29, 1.82) is 0 Å². The zero-order valence-electron chi connectivity index (χ0n) is 12.7. The minimum absolute atomic E-state index is 0.110. The van der Waals surface area contributed by atoms with Crippen LogP contribution in [-0.4, -0.2) is 31.2 Å². The maximum Gasteiger partial charge on any atom is 0.358 e. The lowest BCUT2D eigenvalue weighted by atomic mass is 10.0. The maximum atomic E-state index is 11.5. The molecule has 6 nitrogen and oxygen atoms in total. The molecule has 3 rings (SSSR count). The fraction of sp³-hybridized carbons (Fsp3) is 0.118. The van der Waals surface area contributed by atoms with Gasteiger partial charge < -0.3 is 10.2 Å². The number of phenolic OH excluding ortho intramolecular Hbond substituents is 1. The van der Waals surface area contributed by atoms with Crippen LogP contribution in [0.2, 0.25) is 0 Å². The highest BCUT2D eigenvalue weighted by Gasteiger charge is 2.21. The Kier molecular flexibility index (Phi) is 3.57. The van der Waals surface area contributed by atoms with E-state index in [0.717, 1.165) is 16.7 Å². The van der Waals surface area contributed by atoms with Gasteiger partial charge >= 0.3 is 5.97 Å². The van der Waals surface area contributed by atoms with Gasteiger partial charge in [0, 0.05) is 5.56 Å². The van der Waals surface area contributed by atoms with Gasteiger partial charge in [0.05, 0.1) is 5.69 Å². The van der Waals surface area contributed by atoms with E-state index in [-0.39, 0.29) is 11.4 Å². The molecule has 0 saturated heterocycles. The highest BCUT2D eigenvalue weighted by molar-refractivity contribution is 5.93. The summed E-state index contributed by atoms with van der Waals surface area (Å²) in [5, 5.41) is 26.6. The first kappa shape index (κ1) is 14.8. The summed E-state index contributed by atoms with van der Waals surface area (Å²) in [4.78, 5) is 11.5. The topological polar surface area (TPSA) is 88.2 Å². The molecular weight excluding hydrogens is 294 g/mol. The molecule has 1 heterocycles. The standard InChI is InChI=1S/C17H15N3O3/c1-10-3-4-12(9-11(10)2)16-15(17(22)23)18-19-20(16)13-5-7-14(21)8-6-13/h3-9,21H,1-2H3,(H,22,23). The summed E-state index contributed by atoms with van der Waals surface area (Å²) in [7, 11) is 0. The molecule has 0 bridgehead atoms. The monoisotopic (exact) mass is 309 g/mol. The molecule has 3 aromatic rings. The van der Waals surface area contributed by atoms with Crippen molar-refractivity contribution < 1.29 is 15.0 Å². The first-order chi connectivity index (χ1) is 11.0. The Labute approximate surface area is 132 Å². The number of rotatable bonds is 3. The number of aryl methyl sites for hydroxylation is 2. The van der Waals surface area contributed by atoms with E-state index in [1.54, 1.807) is 12.1 Å². The van der Waals surface area contributed by atoms with E-state index in [9.17, 15) is 15.0 Å². The van der Waals surface area contributed by atoms with E-state index < -0.39 is 5.97 Å². The highest BCUT2D eigenvalue weighted by atomic mass is 16.4. The van der Waals surface area contributed by atoms with Gasteiger partial charge in [-0.2, -0.15) is 0 Å². The Balaban J connectivity index is 2.24. The summed E-state index contributed by atoms with van der Waals surface area (Å²) in [5.41, 5.74) is 3.82. The Morgan fingerprint density at radius 2 is 1.74 bits per heavy atom. The maximum absolute atomic E-state index is 11.5. The third-order valence-corrected chi connectivity index (χ3v) is 3.75. The second kappa shape index (κ2) is 5.57. The Hall–Kier alpha value is -3.15. The smallest absolute Gasteiger partial charge is 0.358 e. The second-order valence-electron chi connectivity index (χ2n) is 5.32. The third-order valence-electron chi connectivity index (χ3n) is 3.75. The normalized spacial score (nSPS) is 10.7. The van der Waals surface area contributed by atoms with Crippen LogP contribution in [0.4, 0.5) is 0 Å². The van der Waals surface area contributed by atoms with Gasteiger partial charge in [0.1, 0.15) is 11.4 Å². The van der Waals surface area contributed by atoms with Gasteiger partial charge in [-0.15, -0.1) is 5.10 Å². The van der Waals surface area contributed by atoms with E-state index >= 15 is 0 Å². The van der Waals surface area contributed by atoms with E-state index in [0.29, 0.717) is 11.4 Å². The lowest BCUT2D eigenvalue weighted by Crippen LogP contribution is -2.03. The summed E-state index contributed by atoms with van der Waals surface area (Å²) in [6.07, 6.45) is 0. The molecule has 0 atom stereocenters. The Bertz CT molecular complexity index is 883. The number of carboxylic acid groups (broad SMARTS) is 1. The predicted octanol–water partition coefficient (Wildman–Crippen LogP) is 2.95. The average Bonchev–Trinajstić information content (AvgIpc) is 2.96. The quantitative estimate of drug-likeness (QED) is 0.776. The van der Waals surface area contributed by atoms with Gasteiger partial charge in [-0.3, -0.25) is 0 Å². The molecule has 0 amide bonds. The number of aromatic carboxylic acids is 1. The molecule has 0 radical (unpaired) electrons. The van der Waals surface area contributed by atoms with E-state index in [1.165, 1.54) is 16.8 Å². The van der Waals surface area contributed by atoms with Gasteiger partial charge in [-0.25, -0.2) is 9.48 Å². The van der Waals surface area contributed by atoms with Crippen LogP contribution in [0, 0.1) is 13.8 Å². The molecule has 0 fully saturated rings. The van der Waals surface area contributed by atoms with E-state index in [2.05, 4.69) is 10.3 Å². The van der Waals surface area contributed by atoms with Crippen LogP contribution >= 0.6 is 0 Å². The summed E-state index contributed by atoms with van der Waals surface area (Å²) in [6.45, 7) is 3.96. The highest BCUT2D eigenvalue weighted by Crippen LogP contribution is 2.27. The summed E-state index contributed by atoms with van der Waals surface area (Å²) >= 11 is 0.